The van der Waals surface area contributed by atoms with Crippen LogP contribution in [0.4, 0.5) is 0 Å². The van der Waals surface area contributed by atoms with Crippen molar-refractivity contribution in [2.45, 2.75) is 55.4 Å². The van der Waals surface area contributed by atoms with E-state index in [1.807, 2.05) is 104 Å². The summed E-state index contributed by atoms with van der Waals surface area (Å²) in [5, 5.41) is 2.28. The van der Waals surface area contributed by atoms with E-state index in [1.165, 1.54) is 0 Å². The summed E-state index contributed by atoms with van der Waals surface area (Å²) in [7, 11) is 0. The maximum Gasteiger partial charge on any atom is 2.00 e. The second-order valence-electron chi connectivity index (χ2n) is 19.2. The van der Waals surface area contributed by atoms with Crippen LogP contribution in [0.1, 0.15) is 55.4 Å². The maximum atomic E-state index is 6.42. The van der Waals surface area contributed by atoms with E-state index in [9.17, 15) is 0 Å². The van der Waals surface area contributed by atoms with E-state index in [0.29, 0.717) is 196 Å². The fraction of sp³-hybridized carbons (Fsp3) is 0.500. The van der Waals surface area contributed by atoms with Crippen LogP contribution >= 0.6 is 0 Å². The Morgan fingerprint density at radius 3 is 0.573 bits per heavy atom. The third kappa shape index (κ3) is 17.7. The minimum atomic E-state index is 0. The summed E-state index contributed by atoms with van der Waals surface area (Å²) < 4.78 is 96.9. The number of aromatic nitrogens is 8. The van der Waals surface area contributed by atoms with Gasteiger partial charge in [-0.2, -0.15) is 0 Å². The summed E-state index contributed by atoms with van der Waals surface area (Å²) in [6, 6.07) is 14.8. The molecule has 3 aromatic heterocycles. The molecule has 8 bridgehead atoms. The molecule has 0 aliphatic carbocycles. The molecule has 0 unspecified atom stereocenters. The maximum absolute atomic E-state index is 6.42. The summed E-state index contributed by atoms with van der Waals surface area (Å²) in [6.45, 7) is 24.2. The van der Waals surface area contributed by atoms with E-state index in [-0.39, 0.29) is 118 Å². The van der Waals surface area contributed by atoms with E-state index in [2.05, 4.69) is 0 Å². The molecular formula is C64H80N8O16Zn. The Hall–Kier alpha value is -7.06. The number of rotatable bonds is 40. The Balaban J connectivity index is 0.0000102. The first-order valence-electron chi connectivity index (χ1n) is 30.4. The Morgan fingerprint density at radius 1 is 0.236 bits per heavy atom. The molecule has 0 fully saturated rings. The molecule has 0 amide bonds. The molecular weight excluding hydrogens is 1200 g/mol. The minimum Gasteiger partial charge on any atom is -0.487 e. The Morgan fingerprint density at radius 2 is 0.404 bits per heavy atom. The van der Waals surface area contributed by atoms with Crippen molar-refractivity contribution in [2.24, 2.45) is 0 Å². The zero-order chi connectivity index (χ0) is 61.5. The Kier molecular flexibility index (Phi) is 27.0. The van der Waals surface area contributed by atoms with E-state index in [4.69, 9.17) is 116 Å². The van der Waals surface area contributed by atoms with Crippen LogP contribution in [0.2, 0.25) is 0 Å². The standard InChI is InChI=1S/C64H80N8O16.Zn/c1-9-73-17-25-81-49-33-41-42(34-50(49)82-26-18-74-10-2)58-65-57(41)69-59-43-35-51(83-27-19-75-11-3)52(84-28-20-76-12-4)36-44(43)61(66-59)71-63-47-39-55(87-31-23-79-15-7)56(88-32-24-80-16-8)40-48(47)64(68-63)72-62-46-38-54(86-30-22-78-14-6)53(85-29-21-77-13-5)37-45(46)60(67-62)70-58;/h33-40H,9-32H2,1-8H3;/q-2;+2. The van der Waals surface area contributed by atoms with Crippen molar-refractivity contribution in [3.63, 3.8) is 0 Å². The van der Waals surface area contributed by atoms with Gasteiger partial charge in [-0.05, 0) is 125 Å². The smallest absolute Gasteiger partial charge is 0.487 e. The van der Waals surface area contributed by atoms with E-state index in [0.717, 1.165) is 0 Å². The molecule has 0 radical (unpaired) electrons. The molecule has 9 rings (SSSR count). The predicted octanol–water partition coefficient (Wildman–Crippen LogP) is 9.45. The monoisotopic (exact) mass is 1280 g/mol. The van der Waals surface area contributed by atoms with Crippen LogP contribution in [0.5, 0.6) is 46.0 Å². The van der Waals surface area contributed by atoms with Gasteiger partial charge in [-0.25, -0.2) is 9.97 Å². The Bertz CT molecular complexity index is 3120. The van der Waals surface area contributed by atoms with Crippen LogP contribution in [0.15, 0.2) is 48.5 Å². The van der Waals surface area contributed by atoms with Gasteiger partial charge in [-0.1, -0.05) is 0 Å². The van der Waals surface area contributed by atoms with Crippen LogP contribution in [0.3, 0.4) is 0 Å². The summed E-state index contributed by atoms with van der Waals surface area (Å²) in [5.74, 6) is 4.46. The number of ether oxygens (including phenoxy) is 16. The van der Waals surface area contributed by atoms with Gasteiger partial charge in [0.2, 0.25) is 0 Å². The van der Waals surface area contributed by atoms with Crippen molar-refractivity contribution in [3.05, 3.63) is 48.5 Å². The van der Waals surface area contributed by atoms with E-state index in [1.54, 1.807) is 0 Å². The first-order valence-corrected chi connectivity index (χ1v) is 30.4. The second-order valence-corrected chi connectivity index (χ2v) is 19.2. The van der Waals surface area contributed by atoms with Crippen molar-refractivity contribution in [2.75, 3.05) is 159 Å². The number of nitrogens with zero attached hydrogens (tertiary/aromatic N) is 8. The van der Waals surface area contributed by atoms with Gasteiger partial charge in [0, 0.05) is 97.7 Å². The third-order valence-corrected chi connectivity index (χ3v) is 13.5. The zero-order valence-electron chi connectivity index (χ0n) is 52.4. The number of hydrogen-bond donors (Lipinski definition) is 0. The molecule has 7 aromatic rings. The van der Waals surface area contributed by atoms with Crippen molar-refractivity contribution in [1.82, 2.24) is 39.9 Å². The van der Waals surface area contributed by atoms with Gasteiger partial charge >= 0.3 is 19.5 Å². The normalized spacial score (nSPS) is 11.6. The molecule has 0 saturated carbocycles. The van der Waals surface area contributed by atoms with Crippen LogP contribution in [-0.4, -0.2) is 188 Å². The van der Waals surface area contributed by atoms with Crippen molar-refractivity contribution >= 4 is 44.1 Å². The molecule has 2 aliphatic rings. The molecule has 89 heavy (non-hydrogen) atoms. The molecule has 0 spiro atoms. The topological polar surface area (TPSA) is 253 Å². The van der Waals surface area contributed by atoms with Gasteiger partial charge < -0.3 is 106 Å². The van der Waals surface area contributed by atoms with Gasteiger partial charge in [-0.3, -0.25) is 0 Å². The zero-order valence-corrected chi connectivity index (χ0v) is 55.4. The van der Waals surface area contributed by atoms with Crippen molar-refractivity contribution in [3.8, 4) is 91.5 Å². The van der Waals surface area contributed by atoms with E-state index < -0.39 is 0 Å². The molecule has 25 heteroatoms. The van der Waals surface area contributed by atoms with Crippen LogP contribution < -0.4 is 47.9 Å². The molecule has 0 saturated heterocycles. The first-order chi connectivity index (χ1) is 43.3. The molecule has 2 aliphatic heterocycles. The average molecular weight is 1280 g/mol. The predicted molar refractivity (Wildman–Crippen MR) is 330 cm³/mol. The number of fused-ring (bicyclic) bond motifs is 20. The van der Waals surface area contributed by atoms with Gasteiger partial charge in [0.05, 0.1) is 76.2 Å². The molecule has 0 atom stereocenters. The van der Waals surface area contributed by atoms with Crippen molar-refractivity contribution < 1.29 is 95.3 Å². The fourth-order valence-corrected chi connectivity index (χ4v) is 9.43. The van der Waals surface area contributed by atoms with Crippen LogP contribution in [-0.2, 0) is 57.4 Å². The van der Waals surface area contributed by atoms with Crippen molar-refractivity contribution in [1.29, 1.82) is 0 Å². The summed E-state index contributed by atoms with van der Waals surface area (Å²) >= 11 is 0. The molecule has 4 aromatic carbocycles. The third-order valence-electron chi connectivity index (χ3n) is 13.5. The average Bonchev–Trinajstić information content (AvgIpc) is 1.84. The van der Waals surface area contributed by atoms with E-state index >= 15 is 0 Å². The van der Waals surface area contributed by atoms with Gasteiger partial charge in [0.25, 0.3) is 0 Å². The van der Waals surface area contributed by atoms with Gasteiger partial charge in [-0.15, -0.1) is 0 Å². The summed E-state index contributed by atoms with van der Waals surface area (Å²) in [5.41, 5.74) is 3.31. The first kappa shape index (κ1) is 67.9. The summed E-state index contributed by atoms with van der Waals surface area (Å²) in [4.78, 5) is 42.1. The Labute approximate surface area is 530 Å². The molecule has 5 heterocycles. The molecule has 474 valence electrons. The SMILES string of the molecule is CCOCCOc1cc2c(cc1OCCOCC)-c1nc-2nc2[n-]c(nc3nc(nc4[n-]c(n1)c1cc(OCCOCC)c(OCCOCC)cc41)-c1cc(OCCOCC)c(OCCOCC)cc1-3)c1cc(OCCOCC)c(OCCOCC)cc21.[Zn+2]. The fourth-order valence-electron chi connectivity index (χ4n) is 9.43. The van der Waals surface area contributed by atoms with Gasteiger partial charge in [0.1, 0.15) is 52.9 Å². The minimum absolute atomic E-state index is 0. The summed E-state index contributed by atoms with van der Waals surface area (Å²) in [6.07, 6.45) is 0. The number of hydrogen-bond acceptors (Lipinski definition) is 22. The number of benzene rings is 4. The van der Waals surface area contributed by atoms with Gasteiger partial charge in [0.15, 0.2) is 46.0 Å². The molecule has 24 nitrogen and oxygen atoms in total. The largest absolute Gasteiger partial charge is 2.00 e. The van der Waals surface area contributed by atoms with Crippen LogP contribution in [0.25, 0.3) is 89.7 Å². The molecule has 0 N–H and O–H groups in total. The van der Waals surface area contributed by atoms with Crippen LogP contribution in [0, 0.1) is 0 Å². The quantitative estimate of drug-likeness (QED) is 0.0256. The second kappa shape index (κ2) is 35.4.